The molecule has 0 aliphatic heterocycles. The molecule has 0 N–H and O–H groups in total. The third-order valence-electron chi connectivity index (χ3n) is 4.86. The van der Waals surface area contributed by atoms with Gasteiger partial charge in [-0.15, -0.1) is 0 Å². The van der Waals surface area contributed by atoms with Crippen LogP contribution in [0.15, 0.2) is 77.7 Å². The topological polar surface area (TPSA) is 57.7 Å². The van der Waals surface area contributed by atoms with Crippen molar-refractivity contribution in [3.63, 3.8) is 0 Å². The van der Waals surface area contributed by atoms with Crippen molar-refractivity contribution in [2.24, 2.45) is 0 Å². The van der Waals surface area contributed by atoms with E-state index in [0.29, 0.717) is 5.69 Å². The zero-order valence-corrected chi connectivity index (χ0v) is 17.9. The minimum atomic E-state index is -4.09. The number of nitrogens with zero attached hydrogens (tertiary/aromatic N) is 2. The number of halogens is 2. The lowest BCUT2D eigenvalue weighted by Gasteiger charge is -2.25. The van der Waals surface area contributed by atoms with E-state index in [2.05, 4.69) is 0 Å². The smallest absolute Gasteiger partial charge is 0.243 e. The predicted octanol–water partition coefficient (Wildman–Crippen LogP) is 4.13. The Hall–Kier alpha value is -3.10. The molecule has 162 valence electrons. The molecule has 3 rings (SSSR count). The Balaban J connectivity index is 1.93. The molecule has 0 unspecified atom stereocenters. The SMILES string of the molecule is Cc1ccc(S(=O)(=O)N(CC(=O)N(C)c2ccc(F)cc2)Cc2ccccc2F)cc1. The van der Waals surface area contributed by atoms with E-state index < -0.39 is 34.1 Å². The minimum absolute atomic E-state index is 0.00618. The predicted molar refractivity (Wildman–Crippen MR) is 115 cm³/mol. The molecule has 0 aliphatic carbocycles. The zero-order chi connectivity index (χ0) is 22.6. The Morgan fingerprint density at radius 2 is 1.52 bits per heavy atom. The average Bonchev–Trinajstić information content (AvgIpc) is 2.75. The standard InChI is InChI=1S/C23H22F2N2O3S/c1-17-7-13-21(14-8-17)31(29,30)27(15-18-5-3-4-6-22(18)25)16-23(28)26(2)20-11-9-19(24)10-12-20/h3-14H,15-16H2,1-2H3. The van der Waals surface area contributed by atoms with Crippen LogP contribution in [0.25, 0.3) is 0 Å². The Morgan fingerprint density at radius 3 is 2.13 bits per heavy atom. The molecule has 0 saturated carbocycles. The second-order valence-corrected chi connectivity index (χ2v) is 9.04. The summed E-state index contributed by atoms with van der Waals surface area (Å²) in [5, 5.41) is 0. The maximum atomic E-state index is 14.2. The monoisotopic (exact) mass is 444 g/mol. The summed E-state index contributed by atoms with van der Waals surface area (Å²) >= 11 is 0. The molecule has 0 atom stereocenters. The molecule has 0 radical (unpaired) electrons. The molecule has 0 heterocycles. The molecule has 1 amide bonds. The first-order valence-corrected chi connectivity index (χ1v) is 10.9. The summed E-state index contributed by atoms with van der Waals surface area (Å²) in [6.07, 6.45) is 0. The van der Waals surface area contributed by atoms with Crippen molar-refractivity contribution in [2.45, 2.75) is 18.4 Å². The molecule has 0 fully saturated rings. The van der Waals surface area contributed by atoms with Crippen LogP contribution in [0.4, 0.5) is 14.5 Å². The van der Waals surface area contributed by atoms with Crippen LogP contribution in [0, 0.1) is 18.6 Å². The number of amides is 1. The number of carbonyl (C=O) groups excluding carboxylic acids is 1. The summed E-state index contributed by atoms with van der Waals surface area (Å²) in [6.45, 7) is 0.999. The molecule has 31 heavy (non-hydrogen) atoms. The van der Waals surface area contributed by atoms with Crippen molar-refractivity contribution in [3.8, 4) is 0 Å². The first-order valence-electron chi connectivity index (χ1n) is 9.51. The highest BCUT2D eigenvalue weighted by atomic mass is 32.2. The molecule has 5 nitrogen and oxygen atoms in total. The Kier molecular flexibility index (Phi) is 6.82. The van der Waals surface area contributed by atoms with E-state index in [9.17, 15) is 22.0 Å². The van der Waals surface area contributed by atoms with E-state index in [4.69, 9.17) is 0 Å². The molecular weight excluding hydrogens is 422 g/mol. The normalized spacial score (nSPS) is 11.5. The number of carbonyl (C=O) groups is 1. The van der Waals surface area contributed by atoms with Crippen LogP contribution in [0.5, 0.6) is 0 Å². The molecule has 0 spiro atoms. The van der Waals surface area contributed by atoms with Gasteiger partial charge in [0.05, 0.1) is 11.4 Å². The van der Waals surface area contributed by atoms with Crippen LogP contribution in [0.1, 0.15) is 11.1 Å². The van der Waals surface area contributed by atoms with Gasteiger partial charge in [-0.25, -0.2) is 17.2 Å². The van der Waals surface area contributed by atoms with Gasteiger partial charge in [0.15, 0.2) is 0 Å². The molecule has 3 aromatic carbocycles. The number of rotatable bonds is 7. The summed E-state index contributed by atoms with van der Waals surface area (Å²) in [6, 6.07) is 17.3. The zero-order valence-electron chi connectivity index (χ0n) is 17.1. The van der Waals surface area contributed by atoms with E-state index in [0.717, 1.165) is 9.87 Å². The van der Waals surface area contributed by atoms with E-state index >= 15 is 0 Å². The highest BCUT2D eigenvalue weighted by Gasteiger charge is 2.29. The van der Waals surface area contributed by atoms with Gasteiger partial charge in [-0.2, -0.15) is 4.31 Å². The highest BCUT2D eigenvalue weighted by molar-refractivity contribution is 7.89. The Bertz CT molecular complexity index is 1160. The summed E-state index contributed by atoms with van der Waals surface area (Å²) < 4.78 is 54.9. The van der Waals surface area contributed by atoms with Crippen molar-refractivity contribution in [3.05, 3.63) is 95.6 Å². The van der Waals surface area contributed by atoms with Crippen LogP contribution in [0.2, 0.25) is 0 Å². The maximum absolute atomic E-state index is 14.2. The first-order chi connectivity index (χ1) is 14.7. The number of hydrogen-bond acceptors (Lipinski definition) is 3. The molecule has 0 bridgehead atoms. The minimum Gasteiger partial charge on any atom is -0.314 e. The van der Waals surface area contributed by atoms with Gasteiger partial charge in [0.25, 0.3) is 0 Å². The number of aryl methyl sites for hydroxylation is 1. The van der Waals surface area contributed by atoms with Gasteiger partial charge in [-0.3, -0.25) is 4.79 Å². The first kappa shape index (κ1) is 22.6. The fourth-order valence-electron chi connectivity index (χ4n) is 2.97. The Morgan fingerprint density at radius 1 is 0.903 bits per heavy atom. The van der Waals surface area contributed by atoms with Crippen LogP contribution >= 0.6 is 0 Å². The van der Waals surface area contributed by atoms with Crippen molar-refractivity contribution < 1.29 is 22.0 Å². The second-order valence-electron chi connectivity index (χ2n) is 7.11. The fourth-order valence-corrected chi connectivity index (χ4v) is 4.34. The van der Waals surface area contributed by atoms with Gasteiger partial charge < -0.3 is 4.90 Å². The number of benzene rings is 3. The summed E-state index contributed by atoms with van der Waals surface area (Å²) in [4.78, 5) is 14.1. The van der Waals surface area contributed by atoms with E-state index in [1.807, 2.05) is 6.92 Å². The lowest BCUT2D eigenvalue weighted by atomic mass is 10.2. The van der Waals surface area contributed by atoms with E-state index in [-0.39, 0.29) is 17.0 Å². The molecular formula is C23H22F2N2O3S. The van der Waals surface area contributed by atoms with Gasteiger partial charge >= 0.3 is 0 Å². The van der Waals surface area contributed by atoms with Crippen LogP contribution < -0.4 is 4.90 Å². The number of sulfonamides is 1. The van der Waals surface area contributed by atoms with Crippen molar-refractivity contribution in [2.75, 3.05) is 18.5 Å². The van der Waals surface area contributed by atoms with Gasteiger partial charge in [-0.1, -0.05) is 35.9 Å². The molecule has 0 aromatic heterocycles. The van der Waals surface area contributed by atoms with Crippen LogP contribution in [0.3, 0.4) is 0 Å². The van der Waals surface area contributed by atoms with Gasteiger partial charge in [-0.05, 0) is 49.4 Å². The molecule has 0 aliphatic rings. The quantitative estimate of drug-likeness (QED) is 0.551. The van der Waals surface area contributed by atoms with Crippen molar-refractivity contribution in [1.29, 1.82) is 0 Å². The van der Waals surface area contributed by atoms with E-state index in [1.165, 1.54) is 66.5 Å². The molecule has 0 saturated heterocycles. The largest absolute Gasteiger partial charge is 0.314 e. The summed E-state index contributed by atoms with van der Waals surface area (Å²) in [5.41, 5.74) is 1.44. The third kappa shape index (κ3) is 5.34. The second kappa shape index (κ2) is 9.36. The van der Waals surface area contributed by atoms with Crippen molar-refractivity contribution in [1.82, 2.24) is 4.31 Å². The average molecular weight is 445 g/mol. The van der Waals surface area contributed by atoms with Gasteiger partial charge in [0.1, 0.15) is 11.6 Å². The lowest BCUT2D eigenvalue weighted by Crippen LogP contribution is -2.41. The molecule has 8 heteroatoms. The maximum Gasteiger partial charge on any atom is 0.243 e. The fraction of sp³-hybridized carbons (Fsp3) is 0.174. The van der Waals surface area contributed by atoms with Gasteiger partial charge in [0, 0.05) is 24.8 Å². The van der Waals surface area contributed by atoms with E-state index in [1.54, 1.807) is 18.2 Å². The van der Waals surface area contributed by atoms with Gasteiger partial charge in [0.2, 0.25) is 15.9 Å². The summed E-state index contributed by atoms with van der Waals surface area (Å²) in [7, 11) is -2.62. The van der Waals surface area contributed by atoms with Crippen LogP contribution in [-0.2, 0) is 21.4 Å². The third-order valence-corrected chi connectivity index (χ3v) is 6.67. The number of likely N-dealkylation sites (N-methyl/N-ethyl adjacent to an activating group) is 1. The number of anilines is 1. The lowest BCUT2D eigenvalue weighted by molar-refractivity contribution is -0.118. The van der Waals surface area contributed by atoms with Crippen molar-refractivity contribution >= 4 is 21.6 Å². The summed E-state index contributed by atoms with van der Waals surface area (Å²) in [5.74, 6) is -1.56. The number of hydrogen-bond donors (Lipinski definition) is 0. The van der Waals surface area contributed by atoms with Crippen LogP contribution in [-0.4, -0.2) is 32.2 Å². The highest BCUT2D eigenvalue weighted by Crippen LogP contribution is 2.21. The molecule has 3 aromatic rings. The Labute approximate surface area is 180 Å².